The van der Waals surface area contributed by atoms with E-state index < -0.39 is 46.2 Å². The summed E-state index contributed by atoms with van der Waals surface area (Å²) in [5.41, 5.74) is 3.25. The highest BCUT2D eigenvalue weighted by atomic mass is 16.6. The number of carbonyl (C=O) groups excluding carboxylic acids is 2. The van der Waals surface area contributed by atoms with Crippen LogP contribution in [0.3, 0.4) is 0 Å². The number of nitrogens with zero attached hydrogens (tertiary/aromatic N) is 1. The van der Waals surface area contributed by atoms with Crippen LogP contribution in [0.25, 0.3) is 0 Å². The number of hydrogen-bond donors (Lipinski definition) is 3. The summed E-state index contributed by atoms with van der Waals surface area (Å²) < 4.78 is 5.57. The maximum Gasteiger partial charge on any atom is 0.310 e. The van der Waals surface area contributed by atoms with E-state index in [9.17, 15) is 29.6 Å². The van der Waals surface area contributed by atoms with E-state index in [-0.39, 0.29) is 11.3 Å². The molecule has 0 aromatic heterocycles. The number of carbonyl (C=O) groups is 3. The first-order valence-electron chi connectivity index (χ1n) is 7.67. The molecule has 10 heteroatoms. The number of fused-ring (bicyclic) bond motifs is 2. The Labute approximate surface area is 146 Å². The molecule has 1 aromatic rings. The minimum atomic E-state index is -1.16. The van der Waals surface area contributed by atoms with Crippen molar-refractivity contribution < 1.29 is 29.2 Å². The summed E-state index contributed by atoms with van der Waals surface area (Å²) in [6.45, 7) is 1.61. The molecule has 3 rings (SSSR count). The number of hydrogen-bond acceptors (Lipinski definition) is 6. The number of nitro groups is 1. The van der Waals surface area contributed by atoms with Gasteiger partial charge in [0.2, 0.25) is 5.91 Å². The lowest BCUT2D eigenvalue weighted by atomic mass is 9.76. The van der Waals surface area contributed by atoms with Crippen LogP contribution in [-0.2, 0) is 14.3 Å². The monoisotopic (exact) mass is 361 g/mol. The number of carboxylic acids is 1. The van der Waals surface area contributed by atoms with Gasteiger partial charge in [0.25, 0.3) is 11.6 Å². The van der Waals surface area contributed by atoms with Gasteiger partial charge in [-0.15, -0.1) is 0 Å². The van der Waals surface area contributed by atoms with Crippen molar-refractivity contribution in [3.63, 3.8) is 0 Å². The van der Waals surface area contributed by atoms with Gasteiger partial charge in [-0.3, -0.25) is 35.3 Å². The quantitative estimate of drug-likeness (QED) is 0.399. The molecule has 1 aromatic carbocycles. The molecule has 26 heavy (non-hydrogen) atoms. The molecule has 0 unspecified atom stereocenters. The Bertz CT molecular complexity index is 820. The molecule has 0 radical (unpaired) electrons. The fourth-order valence-electron chi connectivity index (χ4n) is 3.28. The standard InChI is InChI=1S/C16H15N3O7/c1-16-7-6-10(26-16)11(15(22)23)12(16)14(21)18-17-13(20)8-2-4-9(5-3-8)19(24)25/h2-7,10-12H,1H3,(H,17,20)(H,18,21)(H,22,23)/t10-,11+,12-,16+/m1/s1. The molecule has 2 heterocycles. The van der Waals surface area contributed by atoms with Crippen molar-refractivity contribution in [2.45, 2.75) is 18.6 Å². The molecule has 1 fully saturated rings. The summed E-state index contributed by atoms with van der Waals surface area (Å²) in [5, 5.41) is 20.0. The van der Waals surface area contributed by atoms with Gasteiger partial charge in [-0.05, 0) is 19.1 Å². The lowest BCUT2D eigenvalue weighted by Crippen LogP contribution is -2.52. The lowest BCUT2D eigenvalue weighted by Gasteiger charge is -2.27. The Hall–Kier alpha value is -3.27. The molecule has 2 amide bonds. The summed E-state index contributed by atoms with van der Waals surface area (Å²) >= 11 is 0. The van der Waals surface area contributed by atoms with Crippen molar-refractivity contribution in [1.29, 1.82) is 0 Å². The molecule has 2 bridgehead atoms. The summed E-state index contributed by atoms with van der Waals surface area (Å²) in [6, 6.07) is 4.80. The molecule has 3 N–H and O–H groups in total. The van der Waals surface area contributed by atoms with Crippen molar-refractivity contribution in [2.24, 2.45) is 11.8 Å². The molecule has 0 aliphatic carbocycles. The predicted molar refractivity (Wildman–Crippen MR) is 85.7 cm³/mol. The largest absolute Gasteiger partial charge is 0.481 e. The molecule has 10 nitrogen and oxygen atoms in total. The molecule has 4 atom stereocenters. The summed E-state index contributed by atoms with van der Waals surface area (Å²) in [6.07, 6.45) is 2.55. The van der Waals surface area contributed by atoms with E-state index in [1.54, 1.807) is 19.1 Å². The zero-order valence-corrected chi connectivity index (χ0v) is 13.5. The van der Waals surface area contributed by atoms with Crippen molar-refractivity contribution in [1.82, 2.24) is 10.9 Å². The average molecular weight is 361 g/mol. The van der Waals surface area contributed by atoms with Crippen LogP contribution >= 0.6 is 0 Å². The first kappa shape index (κ1) is 17.5. The highest BCUT2D eigenvalue weighted by Gasteiger charge is 2.59. The number of nitro benzene ring substituents is 1. The smallest absolute Gasteiger partial charge is 0.310 e. The van der Waals surface area contributed by atoms with Gasteiger partial charge in [0, 0.05) is 17.7 Å². The lowest BCUT2D eigenvalue weighted by molar-refractivity contribution is -0.384. The third-order valence-electron chi connectivity index (χ3n) is 4.54. The van der Waals surface area contributed by atoms with Crippen LogP contribution in [0.1, 0.15) is 17.3 Å². The Balaban J connectivity index is 1.66. The van der Waals surface area contributed by atoms with Crippen LogP contribution in [0.4, 0.5) is 5.69 Å². The molecular weight excluding hydrogens is 346 g/mol. The topological polar surface area (TPSA) is 148 Å². The van der Waals surface area contributed by atoms with Crippen LogP contribution in [0.5, 0.6) is 0 Å². The van der Waals surface area contributed by atoms with E-state index in [1.807, 2.05) is 0 Å². The number of hydrazine groups is 1. The molecule has 1 saturated heterocycles. The zero-order chi connectivity index (χ0) is 19.1. The number of carboxylic acid groups (broad SMARTS) is 1. The zero-order valence-electron chi connectivity index (χ0n) is 13.5. The Morgan fingerprint density at radius 2 is 1.88 bits per heavy atom. The van der Waals surface area contributed by atoms with Crippen LogP contribution in [0, 0.1) is 22.0 Å². The fraction of sp³-hybridized carbons (Fsp3) is 0.312. The minimum Gasteiger partial charge on any atom is -0.481 e. The maximum atomic E-state index is 12.4. The minimum absolute atomic E-state index is 0.0981. The second-order valence-electron chi connectivity index (χ2n) is 6.21. The molecule has 0 spiro atoms. The fourth-order valence-corrected chi connectivity index (χ4v) is 3.28. The first-order valence-corrected chi connectivity index (χ1v) is 7.67. The van der Waals surface area contributed by atoms with Crippen LogP contribution in [0.15, 0.2) is 36.4 Å². The number of amides is 2. The van der Waals surface area contributed by atoms with Crippen molar-refractivity contribution in [3.8, 4) is 0 Å². The third-order valence-corrected chi connectivity index (χ3v) is 4.54. The highest BCUT2D eigenvalue weighted by molar-refractivity contribution is 5.96. The van der Waals surface area contributed by atoms with E-state index in [2.05, 4.69) is 10.9 Å². The van der Waals surface area contributed by atoms with E-state index >= 15 is 0 Å². The van der Waals surface area contributed by atoms with Gasteiger partial charge in [0.15, 0.2) is 0 Å². The van der Waals surface area contributed by atoms with Gasteiger partial charge in [0.05, 0.1) is 22.5 Å². The Morgan fingerprint density at radius 1 is 1.23 bits per heavy atom. The number of non-ortho nitro benzene ring substituents is 1. The predicted octanol–water partition coefficient (Wildman–Crippen LogP) is 0.400. The second kappa shape index (κ2) is 6.23. The Morgan fingerprint density at radius 3 is 2.46 bits per heavy atom. The molecule has 0 saturated carbocycles. The first-order chi connectivity index (χ1) is 12.2. The Kier molecular flexibility index (Phi) is 4.20. The van der Waals surface area contributed by atoms with Crippen molar-refractivity contribution >= 4 is 23.5 Å². The summed E-state index contributed by atoms with van der Waals surface area (Å²) in [5.74, 6) is -4.61. The summed E-state index contributed by atoms with van der Waals surface area (Å²) in [4.78, 5) is 46.0. The van der Waals surface area contributed by atoms with E-state index in [4.69, 9.17) is 4.74 Å². The third kappa shape index (κ3) is 2.90. The second-order valence-corrected chi connectivity index (χ2v) is 6.21. The van der Waals surface area contributed by atoms with Gasteiger partial charge < -0.3 is 9.84 Å². The number of aliphatic carboxylic acids is 1. The number of benzene rings is 1. The van der Waals surface area contributed by atoms with Crippen molar-refractivity contribution in [2.75, 3.05) is 0 Å². The van der Waals surface area contributed by atoms with Gasteiger partial charge in [-0.1, -0.05) is 12.2 Å². The number of ether oxygens (including phenoxy) is 1. The van der Waals surface area contributed by atoms with Crippen LogP contribution in [0.2, 0.25) is 0 Å². The van der Waals surface area contributed by atoms with Crippen LogP contribution < -0.4 is 10.9 Å². The molecule has 136 valence electrons. The average Bonchev–Trinajstić information content (AvgIpc) is 3.12. The van der Waals surface area contributed by atoms with Crippen LogP contribution in [-0.4, -0.2) is 39.5 Å². The van der Waals surface area contributed by atoms with Crippen molar-refractivity contribution in [3.05, 3.63) is 52.1 Å². The number of rotatable bonds is 4. The van der Waals surface area contributed by atoms with Gasteiger partial charge in [-0.2, -0.15) is 0 Å². The molecule has 2 aliphatic rings. The van der Waals surface area contributed by atoms with E-state index in [1.165, 1.54) is 12.1 Å². The SMILES string of the molecule is C[C@@]12C=C[C@@H](O1)[C@H](C(=O)O)[C@@H]2C(=O)NNC(=O)c1ccc([N+](=O)[O-])cc1. The van der Waals surface area contributed by atoms with Gasteiger partial charge in [-0.25, -0.2) is 0 Å². The number of nitrogens with one attached hydrogen (secondary N) is 2. The van der Waals surface area contributed by atoms with Gasteiger partial charge >= 0.3 is 5.97 Å². The van der Waals surface area contributed by atoms with E-state index in [0.717, 1.165) is 12.1 Å². The summed E-state index contributed by atoms with van der Waals surface area (Å²) in [7, 11) is 0. The van der Waals surface area contributed by atoms with E-state index in [0.29, 0.717) is 0 Å². The van der Waals surface area contributed by atoms with Gasteiger partial charge in [0.1, 0.15) is 5.92 Å². The molecular formula is C16H15N3O7. The molecule has 2 aliphatic heterocycles. The maximum absolute atomic E-state index is 12.4. The highest BCUT2D eigenvalue weighted by Crippen LogP contribution is 2.46. The normalized spacial score (nSPS) is 28.6.